The van der Waals surface area contributed by atoms with E-state index in [4.69, 9.17) is 0 Å². The Kier molecular flexibility index (Phi) is 3.05. The quantitative estimate of drug-likeness (QED) is 0.610. The number of nitrogens with zero attached hydrogens (tertiary/aromatic N) is 1. The molecule has 16 heavy (non-hydrogen) atoms. The highest BCUT2D eigenvalue weighted by atomic mass is 79.9. The molecule has 1 aliphatic rings. The summed E-state index contributed by atoms with van der Waals surface area (Å²) in [6.45, 7) is 1.30. The van der Waals surface area contributed by atoms with E-state index in [0.29, 0.717) is 17.9 Å². The fourth-order valence-corrected chi connectivity index (χ4v) is 2.32. The van der Waals surface area contributed by atoms with Crippen LogP contribution in [0.15, 0.2) is 18.2 Å². The van der Waals surface area contributed by atoms with Crippen LogP contribution in [0.3, 0.4) is 0 Å². The van der Waals surface area contributed by atoms with Crippen LogP contribution in [0.4, 0.5) is 0 Å². The fraction of sp³-hybridized carbons (Fsp3) is 0.364. The van der Waals surface area contributed by atoms with Crippen LogP contribution in [-0.4, -0.2) is 38.9 Å². The molecule has 1 aromatic carbocycles. The minimum Gasteiger partial charge on any atom is -0.508 e. The summed E-state index contributed by atoms with van der Waals surface area (Å²) in [7, 11) is 0. The van der Waals surface area contributed by atoms with Gasteiger partial charge in [0.05, 0.1) is 5.56 Å². The number of carbonyl (C=O) groups is 1. The first-order chi connectivity index (χ1) is 7.58. The van der Waals surface area contributed by atoms with Gasteiger partial charge in [-0.3, -0.25) is 4.79 Å². The summed E-state index contributed by atoms with van der Waals surface area (Å²) in [5, 5.41) is 18.9. The van der Waals surface area contributed by atoms with Crippen LogP contribution in [0, 0.1) is 0 Å². The number of likely N-dealkylation sites (tertiary alicyclic amines) is 1. The predicted molar refractivity (Wildman–Crippen MR) is 63.0 cm³/mol. The number of amides is 1. The van der Waals surface area contributed by atoms with Gasteiger partial charge < -0.3 is 15.1 Å². The van der Waals surface area contributed by atoms with Gasteiger partial charge in [0, 0.05) is 17.9 Å². The van der Waals surface area contributed by atoms with Crippen molar-refractivity contribution in [1.82, 2.24) is 4.90 Å². The third-order valence-electron chi connectivity index (χ3n) is 2.63. The van der Waals surface area contributed by atoms with Crippen LogP contribution in [-0.2, 0) is 0 Å². The summed E-state index contributed by atoms with van der Waals surface area (Å²) >= 11 is 3.45. The lowest BCUT2D eigenvalue weighted by atomic mass is 10.1. The lowest BCUT2D eigenvalue weighted by Gasteiger charge is -2.16. The van der Waals surface area contributed by atoms with Crippen molar-refractivity contribution >= 4 is 21.8 Å². The Morgan fingerprint density at radius 2 is 2.19 bits per heavy atom. The zero-order valence-electron chi connectivity index (χ0n) is 8.56. The van der Waals surface area contributed by atoms with Crippen molar-refractivity contribution in [3.8, 4) is 11.5 Å². The molecule has 0 bridgehead atoms. The number of alkyl halides is 1. The van der Waals surface area contributed by atoms with E-state index in [1.54, 1.807) is 4.90 Å². The average Bonchev–Trinajstić information content (AvgIpc) is 2.67. The third-order valence-corrected chi connectivity index (χ3v) is 3.38. The molecular weight excluding hydrogens is 274 g/mol. The van der Waals surface area contributed by atoms with Gasteiger partial charge in [0.25, 0.3) is 5.91 Å². The van der Waals surface area contributed by atoms with Gasteiger partial charge in [-0.2, -0.15) is 0 Å². The summed E-state index contributed by atoms with van der Waals surface area (Å²) in [6.07, 6.45) is 0.908. The van der Waals surface area contributed by atoms with Crippen LogP contribution in [0.5, 0.6) is 11.5 Å². The van der Waals surface area contributed by atoms with Crippen molar-refractivity contribution in [2.75, 3.05) is 13.1 Å². The summed E-state index contributed by atoms with van der Waals surface area (Å²) in [5.41, 5.74) is 0.154. The molecule has 1 amide bonds. The normalized spacial score (nSPS) is 20.1. The van der Waals surface area contributed by atoms with Crippen LogP contribution in [0.2, 0.25) is 0 Å². The Labute approximate surface area is 102 Å². The predicted octanol–water partition coefficient (Wildman–Crippen LogP) is 1.71. The maximum Gasteiger partial charge on any atom is 0.257 e. The SMILES string of the molecule is O=C(c1cc(O)ccc1O)N1CCC(Br)C1. The van der Waals surface area contributed by atoms with Crippen molar-refractivity contribution in [2.45, 2.75) is 11.2 Å². The maximum absolute atomic E-state index is 12.0. The molecule has 0 saturated carbocycles. The highest BCUT2D eigenvalue weighted by molar-refractivity contribution is 9.09. The Morgan fingerprint density at radius 3 is 2.81 bits per heavy atom. The second-order valence-corrected chi connectivity index (χ2v) is 5.13. The lowest BCUT2D eigenvalue weighted by molar-refractivity contribution is 0.0790. The van der Waals surface area contributed by atoms with E-state index in [1.807, 2.05) is 0 Å². The first kappa shape index (κ1) is 11.3. The summed E-state index contributed by atoms with van der Waals surface area (Å²) in [4.78, 5) is 14.0. The van der Waals surface area contributed by atoms with Gasteiger partial charge in [-0.1, -0.05) is 15.9 Å². The molecule has 5 heteroatoms. The van der Waals surface area contributed by atoms with Crippen molar-refractivity contribution in [1.29, 1.82) is 0 Å². The minimum absolute atomic E-state index is 0.0178. The van der Waals surface area contributed by atoms with Gasteiger partial charge in [-0.25, -0.2) is 0 Å². The minimum atomic E-state index is -0.240. The van der Waals surface area contributed by atoms with Gasteiger partial charge in [-0.15, -0.1) is 0 Å². The van der Waals surface area contributed by atoms with E-state index in [1.165, 1.54) is 18.2 Å². The first-order valence-corrected chi connectivity index (χ1v) is 5.95. The molecule has 0 aliphatic carbocycles. The van der Waals surface area contributed by atoms with E-state index >= 15 is 0 Å². The molecule has 1 heterocycles. The number of halogens is 1. The highest BCUT2D eigenvalue weighted by Gasteiger charge is 2.26. The Bertz CT molecular complexity index is 422. The lowest BCUT2D eigenvalue weighted by Crippen LogP contribution is -2.28. The zero-order valence-corrected chi connectivity index (χ0v) is 10.1. The van der Waals surface area contributed by atoms with Crippen LogP contribution in [0.1, 0.15) is 16.8 Å². The molecule has 1 fully saturated rings. The molecule has 2 rings (SSSR count). The molecule has 1 aromatic rings. The molecule has 0 spiro atoms. The molecule has 1 saturated heterocycles. The van der Waals surface area contributed by atoms with Crippen molar-refractivity contribution < 1.29 is 15.0 Å². The van der Waals surface area contributed by atoms with Crippen molar-refractivity contribution in [3.63, 3.8) is 0 Å². The number of phenols is 2. The number of rotatable bonds is 1. The van der Waals surface area contributed by atoms with Crippen LogP contribution < -0.4 is 0 Å². The molecule has 1 aliphatic heterocycles. The standard InChI is InChI=1S/C11H12BrNO3/c12-7-3-4-13(6-7)11(16)9-5-8(14)1-2-10(9)15/h1-2,5,7,14-15H,3-4,6H2. The molecule has 1 unspecified atom stereocenters. The van der Waals surface area contributed by atoms with E-state index < -0.39 is 0 Å². The number of hydrogen-bond donors (Lipinski definition) is 2. The molecule has 86 valence electrons. The van der Waals surface area contributed by atoms with Gasteiger partial charge in [0.1, 0.15) is 11.5 Å². The van der Waals surface area contributed by atoms with Crippen LogP contribution >= 0.6 is 15.9 Å². The molecule has 0 aromatic heterocycles. The average molecular weight is 286 g/mol. The van der Waals surface area contributed by atoms with E-state index in [9.17, 15) is 15.0 Å². The fourth-order valence-electron chi connectivity index (χ4n) is 1.77. The monoisotopic (exact) mass is 285 g/mol. The van der Waals surface area contributed by atoms with E-state index in [-0.39, 0.29) is 23.0 Å². The summed E-state index contributed by atoms with van der Waals surface area (Å²) < 4.78 is 0. The van der Waals surface area contributed by atoms with Gasteiger partial charge in [0.15, 0.2) is 0 Å². The second kappa shape index (κ2) is 4.33. The Morgan fingerprint density at radius 1 is 1.44 bits per heavy atom. The third kappa shape index (κ3) is 2.14. The molecular formula is C11H12BrNO3. The van der Waals surface area contributed by atoms with Gasteiger partial charge in [-0.05, 0) is 24.6 Å². The van der Waals surface area contributed by atoms with Crippen molar-refractivity contribution in [3.05, 3.63) is 23.8 Å². The number of benzene rings is 1. The summed E-state index contributed by atoms with van der Waals surface area (Å²) in [5.74, 6) is -0.355. The largest absolute Gasteiger partial charge is 0.508 e. The van der Waals surface area contributed by atoms with E-state index in [2.05, 4.69) is 15.9 Å². The number of hydrogen-bond acceptors (Lipinski definition) is 3. The molecule has 2 N–H and O–H groups in total. The smallest absolute Gasteiger partial charge is 0.257 e. The highest BCUT2D eigenvalue weighted by Crippen LogP contribution is 2.26. The maximum atomic E-state index is 12.0. The Balaban J connectivity index is 2.23. The van der Waals surface area contributed by atoms with E-state index in [0.717, 1.165) is 6.42 Å². The van der Waals surface area contributed by atoms with Crippen LogP contribution in [0.25, 0.3) is 0 Å². The molecule has 1 atom stereocenters. The second-order valence-electron chi connectivity index (χ2n) is 3.84. The first-order valence-electron chi connectivity index (χ1n) is 5.03. The van der Waals surface area contributed by atoms with Gasteiger partial charge in [0.2, 0.25) is 0 Å². The topological polar surface area (TPSA) is 60.8 Å². The number of phenolic OH excluding ortho intramolecular Hbond substituents is 2. The number of carbonyl (C=O) groups excluding carboxylic acids is 1. The Hall–Kier alpha value is -1.23. The summed E-state index contributed by atoms with van der Waals surface area (Å²) in [6, 6.07) is 3.97. The van der Waals surface area contributed by atoms with Gasteiger partial charge >= 0.3 is 0 Å². The zero-order chi connectivity index (χ0) is 11.7. The molecule has 0 radical (unpaired) electrons. The molecule has 4 nitrogen and oxygen atoms in total. The van der Waals surface area contributed by atoms with Crippen molar-refractivity contribution in [2.24, 2.45) is 0 Å². The number of aromatic hydroxyl groups is 2.